The molecule has 0 spiro atoms. The zero-order valence-corrected chi connectivity index (χ0v) is 15.6. The van der Waals surface area contributed by atoms with Gasteiger partial charge < -0.3 is 20.1 Å². The zero-order valence-electron chi connectivity index (χ0n) is 15.6. The van der Waals surface area contributed by atoms with E-state index in [0.29, 0.717) is 30.2 Å². The summed E-state index contributed by atoms with van der Waals surface area (Å²) in [6.45, 7) is 0.505. The van der Waals surface area contributed by atoms with Crippen LogP contribution < -0.4 is 20.1 Å². The van der Waals surface area contributed by atoms with Gasteiger partial charge in [-0.15, -0.1) is 0 Å². The van der Waals surface area contributed by atoms with Crippen LogP contribution >= 0.6 is 0 Å². The number of hydrogen-bond donors (Lipinski definition) is 2. The molecular formula is C22H22N2O4. The number of amides is 2. The summed E-state index contributed by atoms with van der Waals surface area (Å²) in [6, 6.07) is 20.5. The van der Waals surface area contributed by atoms with Crippen LogP contribution in [0.2, 0.25) is 0 Å². The predicted octanol–water partition coefficient (Wildman–Crippen LogP) is 2.77. The second kappa shape index (κ2) is 9.41. The Morgan fingerprint density at radius 1 is 0.821 bits per heavy atom. The molecule has 6 nitrogen and oxygen atoms in total. The van der Waals surface area contributed by atoms with E-state index in [0.717, 1.165) is 10.8 Å². The minimum Gasteiger partial charge on any atom is -0.493 e. The topological polar surface area (TPSA) is 76.7 Å². The maximum absolute atomic E-state index is 12.4. The zero-order chi connectivity index (χ0) is 19.8. The molecule has 2 amide bonds. The lowest BCUT2D eigenvalue weighted by Crippen LogP contribution is -2.36. The second-order valence-electron chi connectivity index (χ2n) is 6.07. The van der Waals surface area contributed by atoms with Gasteiger partial charge in [-0.1, -0.05) is 48.5 Å². The second-order valence-corrected chi connectivity index (χ2v) is 6.07. The van der Waals surface area contributed by atoms with Gasteiger partial charge in [0, 0.05) is 18.7 Å². The van der Waals surface area contributed by atoms with Crippen LogP contribution in [0.5, 0.6) is 11.5 Å². The largest absolute Gasteiger partial charge is 0.493 e. The van der Waals surface area contributed by atoms with Crippen molar-refractivity contribution >= 4 is 22.6 Å². The molecule has 0 heterocycles. The number of ether oxygens (including phenoxy) is 2. The van der Waals surface area contributed by atoms with Crippen molar-refractivity contribution < 1.29 is 19.1 Å². The quantitative estimate of drug-likeness (QED) is 0.591. The highest BCUT2D eigenvalue weighted by atomic mass is 16.5. The minimum absolute atomic E-state index is 0.127. The SMILES string of the molecule is COc1ccccc1OCC(=O)NCCNC(=O)c1cccc2ccccc12. The summed E-state index contributed by atoms with van der Waals surface area (Å²) in [5, 5.41) is 7.45. The Hall–Kier alpha value is -3.54. The molecule has 0 bridgehead atoms. The third-order valence-corrected chi connectivity index (χ3v) is 4.19. The van der Waals surface area contributed by atoms with Gasteiger partial charge in [0.1, 0.15) is 0 Å². The average Bonchev–Trinajstić information content (AvgIpc) is 2.74. The number of methoxy groups -OCH3 is 1. The van der Waals surface area contributed by atoms with Gasteiger partial charge in [-0.25, -0.2) is 0 Å². The Bertz CT molecular complexity index is 966. The van der Waals surface area contributed by atoms with Crippen molar-refractivity contribution in [3.63, 3.8) is 0 Å². The first-order valence-electron chi connectivity index (χ1n) is 8.97. The van der Waals surface area contributed by atoms with E-state index < -0.39 is 0 Å². The third-order valence-electron chi connectivity index (χ3n) is 4.19. The Morgan fingerprint density at radius 3 is 2.32 bits per heavy atom. The van der Waals surface area contributed by atoms with Crippen molar-refractivity contribution in [3.05, 3.63) is 72.3 Å². The average molecular weight is 378 g/mol. The predicted molar refractivity (Wildman–Crippen MR) is 108 cm³/mol. The fourth-order valence-corrected chi connectivity index (χ4v) is 2.83. The smallest absolute Gasteiger partial charge is 0.258 e. The molecule has 0 aliphatic heterocycles. The summed E-state index contributed by atoms with van der Waals surface area (Å²) in [6.07, 6.45) is 0. The Kier molecular flexibility index (Phi) is 6.46. The van der Waals surface area contributed by atoms with Crippen molar-refractivity contribution in [3.8, 4) is 11.5 Å². The van der Waals surface area contributed by atoms with Crippen LogP contribution in [-0.2, 0) is 4.79 Å². The summed E-state index contributed by atoms with van der Waals surface area (Å²) >= 11 is 0. The lowest BCUT2D eigenvalue weighted by molar-refractivity contribution is -0.123. The number of nitrogens with one attached hydrogen (secondary N) is 2. The highest BCUT2D eigenvalue weighted by molar-refractivity contribution is 6.07. The fourth-order valence-electron chi connectivity index (χ4n) is 2.83. The van der Waals surface area contributed by atoms with Gasteiger partial charge in [-0.05, 0) is 29.0 Å². The molecule has 3 aromatic rings. The molecule has 0 radical (unpaired) electrons. The lowest BCUT2D eigenvalue weighted by atomic mass is 10.0. The molecule has 0 fully saturated rings. The van der Waals surface area contributed by atoms with E-state index in [1.165, 1.54) is 0 Å². The van der Waals surface area contributed by atoms with Gasteiger partial charge in [0.25, 0.3) is 11.8 Å². The highest BCUT2D eigenvalue weighted by Gasteiger charge is 2.10. The Morgan fingerprint density at radius 2 is 1.50 bits per heavy atom. The van der Waals surface area contributed by atoms with Crippen molar-refractivity contribution in [2.24, 2.45) is 0 Å². The normalized spacial score (nSPS) is 10.3. The van der Waals surface area contributed by atoms with Crippen LogP contribution in [0.4, 0.5) is 0 Å². The van der Waals surface area contributed by atoms with Gasteiger partial charge in [0.15, 0.2) is 18.1 Å². The molecule has 0 aliphatic rings. The van der Waals surface area contributed by atoms with Crippen LogP contribution in [0.1, 0.15) is 10.4 Å². The number of hydrogen-bond acceptors (Lipinski definition) is 4. The number of carbonyl (C=O) groups excluding carboxylic acids is 2. The molecule has 0 aliphatic carbocycles. The summed E-state index contributed by atoms with van der Waals surface area (Å²) in [5.41, 5.74) is 0.615. The van der Waals surface area contributed by atoms with E-state index in [1.54, 1.807) is 31.4 Å². The van der Waals surface area contributed by atoms with E-state index in [9.17, 15) is 9.59 Å². The van der Waals surface area contributed by atoms with Crippen LogP contribution in [0, 0.1) is 0 Å². The monoisotopic (exact) mass is 378 g/mol. The Balaban J connectivity index is 1.44. The molecule has 6 heteroatoms. The van der Waals surface area contributed by atoms with Crippen molar-refractivity contribution in [1.29, 1.82) is 0 Å². The summed E-state index contributed by atoms with van der Waals surface area (Å²) in [4.78, 5) is 24.3. The lowest BCUT2D eigenvalue weighted by Gasteiger charge is -2.11. The van der Waals surface area contributed by atoms with Crippen molar-refractivity contribution in [1.82, 2.24) is 10.6 Å². The van der Waals surface area contributed by atoms with Crippen LogP contribution in [0.3, 0.4) is 0 Å². The van der Waals surface area contributed by atoms with E-state index >= 15 is 0 Å². The molecule has 0 aromatic heterocycles. The number of fused-ring (bicyclic) bond motifs is 1. The molecule has 2 N–H and O–H groups in total. The molecule has 0 unspecified atom stereocenters. The molecular weight excluding hydrogens is 356 g/mol. The van der Waals surface area contributed by atoms with Gasteiger partial charge in [-0.2, -0.15) is 0 Å². The molecule has 28 heavy (non-hydrogen) atoms. The standard InChI is InChI=1S/C22H22N2O4/c1-27-19-11-4-5-12-20(19)28-15-21(25)23-13-14-24-22(26)18-10-6-8-16-7-2-3-9-17(16)18/h2-12H,13-15H2,1H3,(H,23,25)(H,24,26). The molecule has 0 saturated carbocycles. The highest BCUT2D eigenvalue weighted by Crippen LogP contribution is 2.25. The number of carbonyl (C=O) groups is 2. The van der Waals surface area contributed by atoms with Gasteiger partial charge in [0.2, 0.25) is 0 Å². The first kappa shape index (κ1) is 19.2. The van der Waals surface area contributed by atoms with E-state index in [-0.39, 0.29) is 18.4 Å². The van der Waals surface area contributed by atoms with Crippen molar-refractivity contribution in [2.75, 3.05) is 26.8 Å². The molecule has 3 aromatic carbocycles. The number of para-hydroxylation sites is 2. The van der Waals surface area contributed by atoms with Gasteiger partial charge >= 0.3 is 0 Å². The summed E-state index contributed by atoms with van der Waals surface area (Å²) in [5.74, 6) is 0.628. The van der Waals surface area contributed by atoms with Crippen LogP contribution in [0.15, 0.2) is 66.7 Å². The van der Waals surface area contributed by atoms with Gasteiger partial charge in [-0.3, -0.25) is 9.59 Å². The maximum Gasteiger partial charge on any atom is 0.258 e. The number of rotatable bonds is 8. The molecule has 0 saturated heterocycles. The van der Waals surface area contributed by atoms with E-state index in [4.69, 9.17) is 9.47 Å². The minimum atomic E-state index is -0.273. The summed E-state index contributed by atoms with van der Waals surface area (Å²) < 4.78 is 10.6. The van der Waals surface area contributed by atoms with E-state index in [2.05, 4.69) is 10.6 Å². The number of benzene rings is 3. The van der Waals surface area contributed by atoms with Crippen molar-refractivity contribution in [2.45, 2.75) is 0 Å². The summed E-state index contributed by atoms with van der Waals surface area (Å²) in [7, 11) is 1.54. The first-order valence-corrected chi connectivity index (χ1v) is 8.97. The first-order chi connectivity index (χ1) is 13.7. The maximum atomic E-state index is 12.4. The van der Waals surface area contributed by atoms with E-state index in [1.807, 2.05) is 42.5 Å². The van der Waals surface area contributed by atoms with Crippen LogP contribution in [0.25, 0.3) is 10.8 Å². The fraction of sp³-hybridized carbons (Fsp3) is 0.182. The molecule has 3 rings (SSSR count). The molecule has 0 atom stereocenters. The van der Waals surface area contributed by atoms with Gasteiger partial charge in [0.05, 0.1) is 7.11 Å². The molecule has 144 valence electrons. The third kappa shape index (κ3) is 4.79. The Labute approximate surface area is 163 Å². The van der Waals surface area contributed by atoms with Crippen LogP contribution in [-0.4, -0.2) is 38.6 Å².